The second-order valence-corrected chi connectivity index (χ2v) is 6.79. The number of benzene rings is 1. The fraction of sp³-hybridized carbons (Fsp3) is 0.625. The second-order valence-electron chi connectivity index (χ2n) is 5.94. The zero-order chi connectivity index (χ0) is 14.8. The highest BCUT2D eigenvalue weighted by Crippen LogP contribution is 2.38. The average molecular weight is 343 g/mol. The molecule has 2 unspecified atom stereocenters. The molecular formula is C16H23BrO3. The summed E-state index contributed by atoms with van der Waals surface area (Å²) in [5.74, 6) is 0.817. The smallest absolute Gasteiger partial charge is 0.119 e. The van der Waals surface area contributed by atoms with Gasteiger partial charge in [0.1, 0.15) is 5.75 Å². The summed E-state index contributed by atoms with van der Waals surface area (Å²) < 4.78 is 12.1. The average Bonchev–Trinajstić information content (AvgIpc) is 2.41. The highest BCUT2D eigenvalue weighted by molar-refractivity contribution is 9.10. The van der Waals surface area contributed by atoms with Gasteiger partial charge < -0.3 is 14.6 Å². The number of methoxy groups -OCH3 is 1. The van der Waals surface area contributed by atoms with Gasteiger partial charge in [0.05, 0.1) is 24.9 Å². The van der Waals surface area contributed by atoms with Gasteiger partial charge in [0, 0.05) is 17.3 Å². The summed E-state index contributed by atoms with van der Waals surface area (Å²) in [4.78, 5) is 0. The van der Waals surface area contributed by atoms with E-state index in [1.807, 2.05) is 18.2 Å². The van der Waals surface area contributed by atoms with Crippen molar-refractivity contribution in [3.8, 4) is 5.75 Å². The van der Waals surface area contributed by atoms with Crippen LogP contribution < -0.4 is 4.74 Å². The molecule has 1 fully saturated rings. The second kappa shape index (κ2) is 6.04. The lowest BCUT2D eigenvalue weighted by atomic mass is 9.78. The Bertz CT molecular complexity index is 477. The highest BCUT2D eigenvalue weighted by atomic mass is 79.9. The Morgan fingerprint density at radius 2 is 2.20 bits per heavy atom. The van der Waals surface area contributed by atoms with Crippen LogP contribution in [0.15, 0.2) is 22.7 Å². The van der Waals surface area contributed by atoms with E-state index in [0.717, 1.165) is 22.2 Å². The molecule has 1 aliphatic heterocycles. The summed E-state index contributed by atoms with van der Waals surface area (Å²) >= 11 is 3.56. The Hall–Kier alpha value is -0.580. The molecule has 1 aromatic carbocycles. The van der Waals surface area contributed by atoms with Crippen molar-refractivity contribution in [2.45, 2.75) is 50.7 Å². The molecule has 0 aliphatic carbocycles. The first kappa shape index (κ1) is 15.8. The summed E-state index contributed by atoms with van der Waals surface area (Å²) in [6.45, 7) is 4.80. The number of aliphatic hydroxyl groups is 1. The number of halogens is 1. The van der Waals surface area contributed by atoms with E-state index in [-0.39, 0.29) is 5.60 Å². The summed E-state index contributed by atoms with van der Waals surface area (Å²) in [7, 11) is 1.66. The Balaban J connectivity index is 2.19. The predicted octanol–water partition coefficient (Wildman–Crippen LogP) is 3.71. The van der Waals surface area contributed by atoms with Gasteiger partial charge in [-0.2, -0.15) is 0 Å². The van der Waals surface area contributed by atoms with E-state index in [0.29, 0.717) is 25.9 Å². The van der Waals surface area contributed by atoms with Gasteiger partial charge in [-0.05, 0) is 43.5 Å². The third-order valence-electron chi connectivity index (χ3n) is 4.24. The zero-order valence-corrected chi connectivity index (χ0v) is 14.0. The molecule has 20 heavy (non-hydrogen) atoms. The Morgan fingerprint density at radius 1 is 1.45 bits per heavy atom. The molecule has 112 valence electrons. The number of rotatable bonds is 4. The molecule has 0 bridgehead atoms. The predicted molar refractivity (Wildman–Crippen MR) is 83.2 cm³/mol. The minimum absolute atomic E-state index is 0.224. The van der Waals surface area contributed by atoms with Gasteiger partial charge in [0.2, 0.25) is 0 Å². The van der Waals surface area contributed by atoms with Gasteiger partial charge in [-0.25, -0.2) is 0 Å². The summed E-state index contributed by atoms with van der Waals surface area (Å²) in [5.41, 5.74) is 0.142. The molecule has 4 heteroatoms. The molecule has 1 heterocycles. The number of hydrogen-bond acceptors (Lipinski definition) is 3. The molecule has 0 spiro atoms. The van der Waals surface area contributed by atoms with E-state index in [1.165, 1.54) is 0 Å². The van der Waals surface area contributed by atoms with Crippen LogP contribution >= 0.6 is 15.9 Å². The minimum atomic E-state index is -0.710. The first-order chi connectivity index (χ1) is 9.40. The number of hydrogen-bond donors (Lipinski definition) is 1. The summed E-state index contributed by atoms with van der Waals surface area (Å²) in [6, 6.07) is 5.87. The Labute approximate surface area is 129 Å². The van der Waals surface area contributed by atoms with Crippen LogP contribution in [0.1, 0.15) is 38.7 Å². The lowest BCUT2D eigenvalue weighted by molar-refractivity contribution is -0.152. The highest BCUT2D eigenvalue weighted by Gasteiger charge is 2.41. The van der Waals surface area contributed by atoms with E-state index < -0.39 is 5.60 Å². The van der Waals surface area contributed by atoms with E-state index in [2.05, 4.69) is 29.8 Å². The molecule has 0 amide bonds. The van der Waals surface area contributed by atoms with Crippen molar-refractivity contribution < 1.29 is 14.6 Å². The Kier molecular flexibility index (Phi) is 4.77. The maximum Gasteiger partial charge on any atom is 0.119 e. The third kappa shape index (κ3) is 3.54. The van der Waals surface area contributed by atoms with Crippen molar-refractivity contribution >= 4 is 15.9 Å². The van der Waals surface area contributed by atoms with E-state index in [9.17, 15) is 5.11 Å². The van der Waals surface area contributed by atoms with Crippen LogP contribution in [-0.2, 0) is 11.2 Å². The van der Waals surface area contributed by atoms with Crippen LogP contribution in [-0.4, -0.2) is 30.0 Å². The third-order valence-corrected chi connectivity index (χ3v) is 5.01. The largest absolute Gasteiger partial charge is 0.497 e. The fourth-order valence-electron chi connectivity index (χ4n) is 2.87. The van der Waals surface area contributed by atoms with Crippen molar-refractivity contribution in [3.63, 3.8) is 0 Å². The molecule has 1 N–H and O–H groups in total. The van der Waals surface area contributed by atoms with Gasteiger partial charge in [0.15, 0.2) is 0 Å². The van der Waals surface area contributed by atoms with Gasteiger partial charge in [-0.3, -0.25) is 0 Å². The van der Waals surface area contributed by atoms with Crippen LogP contribution in [0.2, 0.25) is 0 Å². The summed E-state index contributed by atoms with van der Waals surface area (Å²) in [5, 5.41) is 10.9. The van der Waals surface area contributed by atoms with Crippen molar-refractivity contribution in [1.82, 2.24) is 0 Å². The maximum absolute atomic E-state index is 10.9. The maximum atomic E-state index is 10.9. The van der Waals surface area contributed by atoms with E-state index in [4.69, 9.17) is 9.47 Å². The fourth-order valence-corrected chi connectivity index (χ4v) is 3.26. The number of ether oxygens (including phenoxy) is 2. The topological polar surface area (TPSA) is 38.7 Å². The first-order valence-corrected chi connectivity index (χ1v) is 7.88. The molecule has 0 radical (unpaired) electrons. The first-order valence-electron chi connectivity index (χ1n) is 7.08. The van der Waals surface area contributed by atoms with E-state index >= 15 is 0 Å². The quantitative estimate of drug-likeness (QED) is 0.906. The zero-order valence-electron chi connectivity index (χ0n) is 12.4. The molecule has 3 nitrogen and oxygen atoms in total. The molecule has 2 rings (SSSR count). The van der Waals surface area contributed by atoms with E-state index in [1.54, 1.807) is 7.11 Å². The minimum Gasteiger partial charge on any atom is -0.497 e. The molecule has 0 aromatic heterocycles. The molecule has 0 saturated carbocycles. The van der Waals surface area contributed by atoms with Crippen molar-refractivity contribution in [2.24, 2.45) is 0 Å². The SMILES string of the molecule is CCC1(C)CC(O)(Cc2cc(OC)ccc2Br)CCO1. The van der Waals surface area contributed by atoms with Gasteiger partial charge >= 0.3 is 0 Å². The van der Waals surface area contributed by atoms with Crippen molar-refractivity contribution in [1.29, 1.82) is 0 Å². The van der Waals surface area contributed by atoms with Crippen LogP contribution in [0.4, 0.5) is 0 Å². The van der Waals surface area contributed by atoms with Crippen LogP contribution in [0.3, 0.4) is 0 Å². The lowest BCUT2D eigenvalue weighted by Gasteiger charge is -2.43. The monoisotopic (exact) mass is 342 g/mol. The molecule has 1 saturated heterocycles. The molecular weight excluding hydrogens is 320 g/mol. The molecule has 1 aliphatic rings. The molecule has 2 atom stereocenters. The van der Waals surface area contributed by atoms with Gasteiger partial charge in [-0.1, -0.05) is 22.9 Å². The summed E-state index contributed by atoms with van der Waals surface area (Å²) in [6.07, 6.45) is 2.87. The Morgan fingerprint density at radius 3 is 2.85 bits per heavy atom. The van der Waals surface area contributed by atoms with Crippen LogP contribution in [0.5, 0.6) is 5.75 Å². The van der Waals surface area contributed by atoms with Gasteiger partial charge in [0.25, 0.3) is 0 Å². The van der Waals surface area contributed by atoms with Crippen LogP contribution in [0, 0.1) is 0 Å². The lowest BCUT2D eigenvalue weighted by Crippen LogP contribution is -2.48. The normalized spacial score (nSPS) is 30.2. The molecule has 1 aromatic rings. The van der Waals surface area contributed by atoms with Crippen molar-refractivity contribution in [3.05, 3.63) is 28.2 Å². The van der Waals surface area contributed by atoms with Gasteiger partial charge in [-0.15, -0.1) is 0 Å². The van der Waals surface area contributed by atoms with Crippen molar-refractivity contribution in [2.75, 3.05) is 13.7 Å². The van der Waals surface area contributed by atoms with Crippen LogP contribution in [0.25, 0.3) is 0 Å². The standard InChI is InChI=1S/C16H23BrO3/c1-4-15(2)11-16(18,7-8-20-15)10-12-9-13(19-3)5-6-14(12)17/h5-6,9,18H,4,7-8,10-11H2,1-3H3.